The Balaban J connectivity index is 0.000000116. The minimum absolute atomic E-state index is 0. The average Bonchev–Trinajstić information content (AvgIpc) is 1.59. The fourth-order valence-electron chi connectivity index (χ4n) is 35.5. The van der Waals surface area contributed by atoms with E-state index in [0.29, 0.717) is 93.0 Å². The van der Waals surface area contributed by atoms with Gasteiger partial charge in [0.2, 0.25) is 0 Å². The molecular formula is C105H138Br5N5O29S3. The first-order chi connectivity index (χ1) is 67.1. The van der Waals surface area contributed by atoms with Crippen molar-refractivity contribution in [3.05, 3.63) is 116 Å². The summed E-state index contributed by atoms with van der Waals surface area (Å²) < 4.78 is 111. The molecule has 29 atom stereocenters. The number of hydrogen-bond acceptors (Lipinski definition) is 29. The Morgan fingerprint density at radius 3 is 0.667 bits per heavy atom. The van der Waals surface area contributed by atoms with Gasteiger partial charge in [-0.1, -0.05) is 30.3 Å². The van der Waals surface area contributed by atoms with Crippen LogP contribution in [0.2, 0.25) is 0 Å². The molecule has 10 heterocycles. The lowest BCUT2D eigenvalue weighted by Crippen LogP contribution is -3.00. The van der Waals surface area contributed by atoms with Crippen LogP contribution in [-0.2, 0) is 95.8 Å². The number of benzene rings is 5. The second-order valence-electron chi connectivity index (χ2n) is 49.4. The number of aromatic hydroxyl groups is 5. The number of phenols is 5. The van der Waals surface area contributed by atoms with E-state index in [9.17, 15) is 76.3 Å². The van der Waals surface area contributed by atoms with Crippen molar-refractivity contribution >= 4 is 37.6 Å². The number of likely N-dealkylation sites (tertiary alicyclic amines) is 5. The highest BCUT2D eigenvalue weighted by Crippen LogP contribution is 2.74. The molecular weight excluding hydrogens is 2290 g/mol. The van der Waals surface area contributed by atoms with Gasteiger partial charge in [-0.25, -0.2) is 0 Å². The minimum Gasteiger partial charge on any atom is -1.00 e. The number of piperidine rings is 5. The van der Waals surface area contributed by atoms with E-state index in [0.717, 1.165) is 215 Å². The third-order valence-corrected chi connectivity index (χ3v) is 42.1. The number of Topliss-reactive ketones (excluding diaryl/α,β-unsaturated/α-hetero) is 1. The fourth-order valence-corrected chi connectivity index (χ4v) is 35.5. The number of nitrogens with zero attached hydrogens (tertiary/aromatic N) is 5. The number of likely N-dealkylation sites (N-methyl/N-ethyl adjacent to an activating group) is 5. The summed E-state index contributed by atoms with van der Waals surface area (Å²) in [5, 5.41) is 156. The molecule has 5 aromatic rings. The van der Waals surface area contributed by atoms with Gasteiger partial charge in [-0.2, -0.15) is 0 Å². The normalized spacial score (nSPS) is 42.5. The van der Waals surface area contributed by atoms with E-state index in [2.05, 4.69) is 35.2 Å². The quantitative estimate of drug-likeness (QED) is 0.0577. The highest BCUT2D eigenvalue weighted by atomic mass is 79.9. The number of carbonyl (C=O) groups excluding carboxylic acids is 1. The predicted octanol–water partition coefficient (Wildman–Crippen LogP) is -10.5. The van der Waals surface area contributed by atoms with E-state index in [1.807, 2.05) is 30.3 Å². The predicted molar refractivity (Wildman–Crippen MR) is 504 cm³/mol. The number of quaternary nitrogens is 5. The Morgan fingerprint density at radius 2 is 0.463 bits per heavy atom. The number of aliphatic hydroxyl groups excluding tert-OH is 4. The molecule has 0 aromatic heterocycles. The molecule has 5 saturated heterocycles. The van der Waals surface area contributed by atoms with E-state index in [-0.39, 0.29) is 150 Å². The van der Waals surface area contributed by atoms with E-state index in [4.69, 9.17) is 61.6 Å². The summed E-state index contributed by atoms with van der Waals surface area (Å²) in [5.74, 6) is 7.27. The number of rotatable bonds is 10. The highest BCUT2D eigenvalue weighted by Gasteiger charge is 2.83. The van der Waals surface area contributed by atoms with Gasteiger partial charge in [-0.15, -0.1) is 37.9 Å². The summed E-state index contributed by atoms with van der Waals surface area (Å²) in [6.07, 6.45) is 22.2. The third kappa shape index (κ3) is 16.1. The molecule has 15 fully saturated rings. The summed E-state index contributed by atoms with van der Waals surface area (Å²) in [7, 11) is 2.29. The van der Waals surface area contributed by atoms with E-state index < -0.39 is 142 Å². The molecule has 10 saturated carbocycles. The maximum absolute atomic E-state index is 12.8. The summed E-state index contributed by atoms with van der Waals surface area (Å²) >= 11 is 0. The van der Waals surface area contributed by atoms with Crippen LogP contribution in [0.25, 0.3) is 0 Å². The summed E-state index contributed by atoms with van der Waals surface area (Å²) in [6.45, 7) is 10.7. The molecule has 5 spiro atoms. The Morgan fingerprint density at radius 1 is 0.279 bits per heavy atom. The van der Waals surface area contributed by atoms with Crippen molar-refractivity contribution in [2.24, 2.45) is 29.6 Å². The largest absolute Gasteiger partial charge is 1.00 e. The van der Waals surface area contributed by atoms with Crippen molar-refractivity contribution in [2.75, 3.05) is 101 Å². The van der Waals surface area contributed by atoms with Crippen molar-refractivity contribution in [1.29, 1.82) is 0 Å². The SMILES string of the molecule is C[N+]1(CC2CC2)CC[C@]23c4c5ccc(O)c4O[C@H]2C(=O)CC[C@@]3(O)[C@H]1C5.C[N+]1(CC2CC2)CC[C@]23c4c5ccc(O)c4O[C@H]2[C@@H](O)CC[C@@]3(O)[C@H]1C5.C[N+]1(CC2CC2)CC[C@]23c4c5ccc(O)c4O[C@H]2[C@@H](O)CC[C@@]3(O)[C@H]1C5.C[N+]1(CC2CC2)CC[C@]23c4c5ccc(O)c4O[C@H]2[C@H](O)CC[C@@]3(O)[C@H]1C5.C[N+]1(CC2CC2)CC[C@]23c4c5ccc(O)c4O[C@H]2[C@H](O)CC[C@@]3(O)[C@H]1C5.O=S(=O)=O.O=S(=O)=O.O=S(=O)=O.[Br-].[Br-].[Br-].[Br-].[Br-]. The molecule has 15 aliphatic carbocycles. The monoisotopic (exact) mass is 2420 g/mol. The van der Waals surface area contributed by atoms with Crippen LogP contribution in [-0.4, -0.2) is 351 Å². The van der Waals surface area contributed by atoms with Crippen LogP contribution in [0, 0.1) is 29.6 Å². The van der Waals surface area contributed by atoms with Crippen molar-refractivity contribution in [3.8, 4) is 57.5 Å². The van der Waals surface area contributed by atoms with E-state index in [1.54, 1.807) is 30.3 Å². The van der Waals surface area contributed by atoms with Crippen molar-refractivity contribution in [1.82, 2.24) is 0 Å². The molecule has 14 N–H and O–H groups in total. The first kappa shape index (κ1) is 111. The molecule has 34 nitrogen and oxygen atoms in total. The molecule has 30 rings (SSSR count). The summed E-state index contributed by atoms with van der Waals surface area (Å²) in [6, 6.07) is 19.3. The molecule has 0 radical (unpaired) electrons. The number of ether oxygens (including phenoxy) is 5. The van der Waals surface area contributed by atoms with Gasteiger partial charge in [0.1, 0.15) is 82.6 Å². The first-order valence-corrected chi connectivity index (χ1v) is 55.1. The summed E-state index contributed by atoms with van der Waals surface area (Å²) in [5.41, 5.74) is 3.51. The molecule has 5 aromatic carbocycles. The zero-order valence-corrected chi connectivity index (χ0v) is 93.6. The van der Waals surface area contributed by atoms with Gasteiger partial charge in [0.05, 0.1) is 152 Å². The van der Waals surface area contributed by atoms with Gasteiger partial charge in [0.25, 0.3) is 0 Å². The lowest BCUT2D eigenvalue weighted by molar-refractivity contribution is -0.950. The smallest absolute Gasteiger partial charge is 0.425 e. The number of carbonyl (C=O) groups is 1. The molecule has 42 heteroatoms. The van der Waals surface area contributed by atoms with E-state index >= 15 is 0 Å². The topological polar surface area (TPSA) is 500 Å². The second-order valence-corrected chi connectivity index (χ2v) is 50.6. The van der Waals surface area contributed by atoms with Crippen LogP contribution in [0.4, 0.5) is 0 Å². The van der Waals surface area contributed by atoms with Crippen LogP contribution in [0.5, 0.6) is 57.5 Å². The molecule has 810 valence electrons. The highest BCUT2D eigenvalue weighted by molar-refractivity contribution is 7.59. The van der Waals surface area contributed by atoms with Crippen molar-refractivity contribution < 1.29 is 245 Å². The van der Waals surface area contributed by atoms with E-state index in [1.165, 1.54) is 86.5 Å². The van der Waals surface area contributed by atoms with Crippen LogP contribution in [0.15, 0.2) is 60.7 Å². The number of halogens is 5. The minimum atomic E-state index is -3.11. The lowest BCUT2D eigenvalue weighted by atomic mass is 9.48. The Kier molecular flexibility index (Phi) is 28.7. The summed E-state index contributed by atoms with van der Waals surface area (Å²) in [4.78, 5) is 12.8. The van der Waals surface area contributed by atoms with Gasteiger partial charge in [0, 0.05) is 128 Å². The molecule has 10 bridgehead atoms. The standard InChI is InChI=1S/4C21H27NO4.C21H25NO4.5BrH.3O3S/c5*1-22(11-12-2-3-12)9-8-20-17-13-4-5-14(23)18(17)26-19(20)15(24)6-7-21(20,25)16(22)10-13;;;;;;3*1-4(2)3/h4*4-5,12,15-16,19,24-25H,2-3,6-11H2,1H3;4-5,12,16,19,25H,2-3,6-11H2,1H3;5*1H;;;/t2*15-,16+,19-,20-,21+,22?;2*15-,16-,19+,20+,21-,22?;16-,19+,20+,21-,22?;;;;;;;;/m00111......../s1. The van der Waals surface area contributed by atoms with Crippen LogP contribution in [0.3, 0.4) is 0 Å². The number of ketones is 1. The maximum atomic E-state index is 12.8. The fraction of sp³-hybridized carbons (Fsp3) is 0.705. The average molecular weight is 2430 g/mol. The number of aliphatic hydroxyl groups is 9. The van der Waals surface area contributed by atoms with Crippen LogP contribution >= 0.6 is 0 Å². The number of phenolic OH excluding ortho intramolecular Hbond substituents is 5. The van der Waals surface area contributed by atoms with Gasteiger partial charge in [-0.3, -0.25) is 4.79 Å². The molecule has 147 heavy (non-hydrogen) atoms. The Bertz CT molecular complexity index is 5860. The Hall–Kier alpha value is -5.53. The van der Waals surface area contributed by atoms with Crippen LogP contribution < -0.4 is 109 Å². The number of hydrogen-bond donors (Lipinski definition) is 14. The molecule has 5 unspecified atom stereocenters. The van der Waals surface area contributed by atoms with Gasteiger partial charge in [-0.05, 0) is 180 Å². The lowest BCUT2D eigenvalue weighted by Gasteiger charge is -2.65. The zero-order chi connectivity index (χ0) is 100. The Labute approximate surface area is 912 Å². The van der Waals surface area contributed by atoms with Gasteiger partial charge < -0.3 is 202 Å². The zero-order valence-electron chi connectivity index (χ0n) is 83.3. The third-order valence-electron chi connectivity index (χ3n) is 42.1. The van der Waals surface area contributed by atoms with Crippen molar-refractivity contribution in [2.45, 2.75) is 333 Å². The van der Waals surface area contributed by atoms with Gasteiger partial charge >= 0.3 is 31.8 Å². The second kappa shape index (κ2) is 37.9. The van der Waals surface area contributed by atoms with Gasteiger partial charge in [0.15, 0.2) is 69.4 Å². The van der Waals surface area contributed by atoms with Crippen molar-refractivity contribution in [3.63, 3.8) is 0 Å². The maximum Gasteiger partial charge on any atom is 0.425 e. The molecule has 10 aliphatic heterocycles. The molecule has 0 amide bonds. The van der Waals surface area contributed by atoms with Crippen LogP contribution in [0.1, 0.15) is 216 Å². The first-order valence-electron chi connectivity index (χ1n) is 52.1. The molecule has 25 aliphatic rings.